The van der Waals surface area contributed by atoms with Crippen molar-refractivity contribution in [3.05, 3.63) is 47.4 Å². The summed E-state index contributed by atoms with van der Waals surface area (Å²) in [7, 11) is 3.96. The number of aromatic nitrogens is 2. The topological polar surface area (TPSA) is 61.1 Å². The largest absolute Gasteiger partial charge is 0.394 e. The van der Waals surface area contributed by atoms with Gasteiger partial charge in [0.25, 0.3) is 5.91 Å². The zero-order valence-electron chi connectivity index (χ0n) is 15.2. The molecule has 1 aliphatic heterocycles. The number of aliphatic hydroxyl groups is 1. The number of thiazole rings is 1. The molecule has 2 aromatic heterocycles. The van der Waals surface area contributed by atoms with Crippen molar-refractivity contribution in [3.63, 3.8) is 0 Å². The summed E-state index contributed by atoms with van der Waals surface area (Å²) in [5, 5.41) is 11.5. The summed E-state index contributed by atoms with van der Waals surface area (Å²) in [6.07, 6.45) is 2.44. The first kappa shape index (κ1) is 18.1. The number of nitrogens with zero attached hydrogens (tertiary/aromatic N) is 4. The van der Waals surface area contributed by atoms with Gasteiger partial charge in [0.05, 0.1) is 18.3 Å². The van der Waals surface area contributed by atoms with Gasteiger partial charge >= 0.3 is 0 Å². The first-order chi connectivity index (χ1) is 13.0. The van der Waals surface area contributed by atoms with Crippen LogP contribution in [-0.2, 0) is 0 Å². The minimum absolute atomic E-state index is 0.0617. The molecular formula is C19H21FN4O2S. The molecular weight excluding hydrogens is 367 g/mol. The van der Waals surface area contributed by atoms with E-state index >= 15 is 0 Å². The number of likely N-dealkylation sites (tertiary alicyclic amines) is 1. The number of halogens is 1. The molecule has 6 nitrogen and oxygen atoms in total. The second-order valence-corrected chi connectivity index (χ2v) is 7.86. The van der Waals surface area contributed by atoms with Crippen molar-refractivity contribution in [2.45, 2.75) is 18.5 Å². The van der Waals surface area contributed by atoms with Crippen molar-refractivity contribution in [2.75, 3.05) is 27.2 Å². The lowest BCUT2D eigenvalue weighted by atomic mass is 10.1. The predicted octanol–water partition coefficient (Wildman–Crippen LogP) is 2.34. The smallest absolute Gasteiger partial charge is 0.272 e. The quantitative estimate of drug-likeness (QED) is 0.745. The van der Waals surface area contributed by atoms with Crippen LogP contribution in [0.3, 0.4) is 0 Å². The van der Waals surface area contributed by atoms with Crippen LogP contribution in [0.1, 0.15) is 16.9 Å². The lowest BCUT2D eigenvalue weighted by Crippen LogP contribution is -2.39. The third-order valence-electron chi connectivity index (χ3n) is 5.17. The Labute approximate surface area is 160 Å². The molecule has 0 spiro atoms. The van der Waals surface area contributed by atoms with E-state index in [1.807, 2.05) is 14.1 Å². The summed E-state index contributed by atoms with van der Waals surface area (Å²) in [6.45, 7) is 0.511. The molecule has 1 N–H and O–H groups in total. The molecule has 142 valence electrons. The molecule has 8 heteroatoms. The van der Waals surface area contributed by atoms with Crippen molar-refractivity contribution in [1.82, 2.24) is 19.2 Å². The molecule has 0 bridgehead atoms. The number of carbonyl (C=O) groups excluding carboxylic acids is 1. The summed E-state index contributed by atoms with van der Waals surface area (Å²) in [6, 6.07) is 6.48. The normalized spacial score (nSPS) is 20.1. The maximum Gasteiger partial charge on any atom is 0.272 e. The van der Waals surface area contributed by atoms with Gasteiger partial charge in [-0.2, -0.15) is 0 Å². The number of aliphatic hydroxyl groups excluding tert-OH is 1. The Kier molecular flexibility index (Phi) is 4.71. The average Bonchev–Trinajstić information content (AvgIpc) is 3.35. The molecule has 3 heterocycles. The van der Waals surface area contributed by atoms with Gasteiger partial charge in [0.1, 0.15) is 11.5 Å². The first-order valence-electron chi connectivity index (χ1n) is 8.79. The standard InChI is InChI=1S/C19H21FN4O2S/c1-22(2)12-7-13(10-25)23(8-12)18(26)17-11-27-19-21-16(9-24(17)19)14-5-3-4-6-15(14)20/h3-6,9,11-13,25H,7-8,10H2,1-2H3/t12-,13+/m1/s1. The van der Waals surface area contributed by atoms with Crippen LogP contribution in [-0.4, -0.2) is 69.5 Å². The molecule has 0 radical (unpaired) electrons. The average molecular weight is 388 g/mol. The van der Waals surface area contributed by atoms with E-state index in [9.17, 15) is 14.3 Å². The predicted molar refractivity (Wildman–Crippen MR) is 102 cm³/mol. The highest BCUT2D eigenvalue weighted by Gasteiger charge is 2.37. The van der Waals surface area contributed by atoms with Crippen LogP contribution in [0.2, 0.25) is 0 Å². The molecule has 1 saturated heterocycles. The molecule has 0 unspecified atom stereocenters. The van der Waals surface area contributed by atoms with Gasteiger partial charge in [-0.1, -0.05) is 12.1 Å². The molecule has 0 aliphatic carbocycles. The lowest BCUT2D eigenvalue weighted by molar-refractivity contribution is 0.0666. The zero-order chi connectivity index (χ0) is 19.1. The summed E-state index contributed by atoms with van der Waals surface area (Å²) < 4.78 is 15.8. The minimum Gasteiger partial charge on any atom is -0.394 e. The number of carbonyl (C=O) groups is 1. The highest BCUT2D eigenvalue weighted by molar-refractivity contribution is 7.15. The second kappa shape index (κ2) is 7.03. The summed E-state index contributed by atoms with van der Waals surface area (Å²) in [5.74, 6) is -0.480. The van der Waals surface area contributed by atoms with Crippen molar-refractivity contribution >= 4 is 22.2 Å². The third kappa shape index (κ3) is 3.13. The fourth-order valence-corrected chi connectivity index (χ4v) is 4.42. The number of rotatable bonds is 4. The summed E-state index contributed by atoms with van der Waals surface area (Å²) in [5.41, 5.74) is 1.40. The Morgan fingerprint density at radius 2 is 2.19 bits per heavy atom. The van der Waals surface area contributed by atoms with Crippen LogP contribution in [0.4, 0.5) is 4.39 Å². The van der Waals surface area contributed by atoms with Crippen LogP contribution in [0.15, 0.2) is 35.8 Å². The van der Waals surface area contributed by atoms with Crippen LogP contribution in [0.5, 0.6) is 0 Å². The number of amides is 1. The van der Waals surface area contributed by atoms with E-state index in [2.05, 4.69) is 9.88 Å². The summed E-state index contributed by atoms with van der Waals surface area (Å²) >= 11 is 1.35. The first-order valence-corrected chi connectivity index (χ1v) is 9.67. The van der Waals surface area contributed by atoms with Crippen molar-refractivity contribution in [3.8, 4) is 11.3 Å². The fourth-order valence-electron chi connectivity index (χ4n) is 3.57. The highest BCUT2D eigenvalue weighted by Crippen LogP contribution is 2.28. The molecule has 0 saturated carbocycles. The van der Waals surface area contributed by atoms with Crippen LogP contribution in [0.25, 0.3) is 16.2 Å². The maximum absolute atomic E-state index is 14.1. The lowest BCUT2D eigenvalue weighted by Gasteiger charge is -2.23. The Morgan fingerprint density at radius 1 is 1.41 bits per heavy atom. The van der Waals surface area contributed by atoms with Gasteiger partial charge in [-0.25, -0.2) is 9.37 Å². The van der Waals surface area contributed by atoms with E-state index in [0.717, 1.165) is 6.42 Å². The minimum atomic E-state index is -0.343. The Bertz CT molecular complexity index is 983. The van der Waals surface area contributed by atoms with Gasteiger partial charge in [-0.05, 0) is 32.6 Å². The zero-order valence-corrected chi connectivity index (χ0v) is 16.0. The van der Waals surface area contributed by atoms with Crippen LogP contribution >= 0.6 is 11.3 Å². The molecule has 3 aromatic rings. The molecule has 1 aromatic carbocycles. The van der Waals surface area contributed by atoms with Crippen LogP contribution in [0, 0.1) is 5.82 Å². The molecule has 1 fully saturated rings. The molecule has 27 heavy (non-hydrogen) atoms. The maximum atomic E-state index is 14.1. The molecule has 1 aliphatic rings. The van der Waals surface area contributed by atoms with Crippen molar-refractivity contribution in [2.24, 2.45) is 0 Å². The van der Waals surface area contributed by atoms with E-state index in [4.69, 9.17) is 0 Å². The SMILES string of the molecule is CN(C)[C@@H]1C[C@@H](CO)N(C(=O)c2csc3nc(-c4ccccc4F)cn23)C1. The number of imidazole rings is 1. The Balaban J connectivity index is 1.68. The number of hydrogen-bond acceptors (Lipinski definition) is 5. The van der Waals surface area contributed by atoms with E-state index < -0.39 is 0 Å². The molecule has 4 rings (SSSR count). The van der Waals surface area contributed by atoms with Crippen molar-refractivity contribution in [1.29, 1.82) is 0 Å². The van der Waals surface area contributed by atoms with Crippen molar-refractivity contribution < 1.29 is 14.3 Å². The van der Waals surface area contributed by atoms with E-state index in [1.54, 1.807) is 39.1 Å². The molecule has 2 atom stereocenters. The number of hydrogen-bond donors (Lipinski definition) is 1. The third-order valence-corrected chi connectivity index (χ3v) is 6.01. The number of likely N-dealkylation sites (N-methyl/N-ethyl adjacent to an activating group) is 1. The van der Waals surface area contributed by atoms with E-state index in [0.29, 0.717) is 28.5 Å². The van der Waals surface area contributed by atoms with Gasteiger partial charge < -0.3 is 14.9 Å². The van der Waals surface area contributed by atoms with Gasteiger partial charge in [0.15, 0.2) is 4.96 Å². The Hall–Kier alpha value is -2.29. The molecule has 1 amide bonds. The summed E-state index contributed by atoms with van der Waals surface area (Å²) in [4.78, 5) is 22.1. The second-order valence-electron chi connectivity index (χ2n) is 7.03. The van der Waals surface area contributed by atoms with Crippen LogP contribution < -0.4 is 0 Å². The van der Waals surface area contributed by atoms with Gasteiger partial charge in [0, 0.05) is 29.7 Å². The monoisotopic (exact) mass is 388 g/mol. The van der Waals surface area contributed by atoms with Gasteiger partial charge in [-0.15, -0.1) is 11.3 Å². The number of fused-ring (bicyclic) bond motifs is 1. The number of benzene rings is 1. The fraction of sp³-hybridized carbons (Fsp3) is 0.368. The van der Waals surface area contributed by atoms with E-state index in [-0.39, 0.29) is 30.4 Å². The van der Waals surface area contributed by atoms with E-state index in [1.165, 1.54) is 17.4 Å². The van der Waals surface area contributed by atoms with Gasteiger partial charge in [-0.3, -0.25) is 9.20 Å². The Morgan fingerprint density at radius 3 is 2.89 bits per heavy atom. The highest BCUT2D eigenvalue weighted by atomic mass is 32.1. The van der Waals surface area contributed by atoms with Gasteiger partial charge in [0.2, 0.25) is 0 Å².